The Hall–Kier alpha value is -2.23. The van der Waals surface area contributed by atoms with Crippen LogP contribution in [0.15, 0.2) is 53.4 Å². The minimum absolute atomic E-state index is 0.101. The molecule has 0 bridgehead atoms. The number of sulfonamides is 1. The van der Waals surface area contributed by atoms with E-state index in [9.17, 15) is 21.6 Å². The fraction of sp³-hybridized carbons (Fsp3) is 0.350. The van der Waals surface area contributed by atoms with Gasteiger partial charge in [0.05, 0.1) is 23.7 Å². The van der Waals surface area contributed by atoms with Gasteiger partial charge in [0.25, 0.3) is 0 Å². The van der Waals surface area contributed by atoms with Gasteiger partial charge in [0.15, 0.2) is 9.84 Å². The van der Waals surface area contributed by atoms with E-state index in [1.54, 1.807) is 19.1 Å². The SMILES string of the molecule is Cc1ccc(CN(CC(=O)N[C@H](C)c2ccc(S(C)(=O)=O)cc2)S(C)(=O)=O)cc1. The number of nitrogens with zero attached hydrogens (tertiary/aromatic N) is 1. The van der Waals surface area contributed by atoms with Gasteiger partial charge in [-0.2, -0.15) is 4.31 Å². The quantitative estimate of drug-likeness (QED) is 0.680. The van der Waals surface area contributed by atoms with Crippen LogP contribution in [0.1, 0.15) is 29.7 Å². The van der Waals surface area contributed by atoms with Crippen molar-refractivity contribution in [2.75, 3.05) is 19.1 Å². The van der Waals surface area contributed by atoms with Crippen LogP contribution >= 0.6 is 0 Å². The summed E-state index contributed by atoms with van der Waals surface area (Å²) in [6, 6.07) is 13.2. The third kappa shape index (κ3) is 6.95. The number of hydrogen-bond donors (Lipinski definition) is 1. The highest BCUT2D eigenvalue weighted by atomic mass is 32.2. The van der Waals surface area contributed by atoms with Crippen molar-refractivity contribution in [1.29, 1.82) is 0 Å². The topological polar surface area (TPSA) is 101 Å². The van der Waals surface area contributed by atoms with Gasteiger partial charge in [-0.25, -0.2) is 16.8 Å². The third-order valence-electron chi connectivity index (χ3n) is 4.45. The summed E-state index contributed by atoms with van der Waals surface area (Å²) in [6.07, 6.45) is 2.20. The van der Waals surface area contributed by atoms with Crippen molar-refractivity contribution in [3.05, 3.63) is 65.2 Å². The number of amides is 1. The standard InChI is InChI=1S/C20H26N2O5S2/c1-15-5-7-17(8-6-15)13-22(29(4,26)27)14-20(23)21-16(2)18-9-11-19(12-10-18)28(3,24)25/h5-12,16H,13-14H2,1-4H3,(H,21,23)/t16-/m1/s1. The van der Waals surface area contributed by atoms with Crippen LogP contribution < -0.4 is 5.32 Å². The summed E-state index contributed by atoms with van der Waals surface area (Å²) >= 11 is 0. The van der Waals surface area contributed by atoms with Gasteiger partial charge in [-0.3, -0.25) is 4.79 Å². The normalized spacial score (nSPS) is 13.3. The Morgan fingerprint density at radius 3 is 2.00 bits per heavy atom. The molecule has 9 heteroatoms. The summed E-state index contributed by atoms with van der Waals surface area (Å²) < 4.78 is 48.4. The van der Waals surface area contributed by atoms with Gasteiger partial charge in [0.2, 0.25) is 15.9 Å². The fourth-order valence-corrected chi connectivity index (χ4v) is 4.09. The molecule has 0 aliphatic carbocycles. The van der Waals surface area contributed by atoms with E-state index in [4.69, 9.17) is 0 Å². The molecule has 1 atom stereocenters. The molecule has 0 aromatic heterocycles. The van der Waals surface area contributed by atoms with Gasteiger partial charge in [0, 0.05) is 12.8 Å². The molecule has 1 N–H and O–H groups in total. The molecule has 0 unspecified atom stereocenters. The maximum Gasteiger partial charge on any atom is 0.235 e. The largest absolute Gasteiger partial charge is 0.348 e. The maximum atomic E-state index is 12.4. The predicted molar refractivity (Wildman–Crippen MR) is 113 cm³/mol. The van der Waals surface area contributed by atoms with E-state index in [1.165, 1.54) is 12.1 Å². The second-order valence-electron chi connectivity index (χ2n) is 7.15. The average molecular weight is 439 g/mol. The molecule has 2 rings (SSSR count). The van der Waals surface area contributed by atoms with Crippen LogP contribution in [0.25, 0.3) is 0 Å². The van der Waals surface area contributed by atoms with E-state index in [1.807, 2.05) is 31.2 Å². The van der Waals surface area contributed by atoms with Gasteiger partial charge in [-0.1, -0.05) is 42.0 Å². The highest BCUT2D eigenvalue weighted by molar-refractivity contribution is 7.90. The smallest absolute Gasteiger partial charge is 0.235 e. The highest BCUT2D eigenvalue weighted by Crippen LogP contribution is 2.16. The molecular formula is C20H26N2O5S2. The molecular weight excluding hydrogens is 412 g/mol. The molecule has 0 radical (unpaired) electrons. The number of hydrogen-bond acceptors (Lipinski definition) is 5. The van der Waals surface area contributed by atoms with Crippen molar-refractivity contribution in [2.24, 2.45) is 0 Å². The summed E-state index contributed by atoms with van der Waals surface area (Å²) in [5, 5.41) is 2.76. The van der Waals surface area contributed by atoms with Crippen LogP contribution in [0.3, 0.4) is 0 Å². The van der Waals surface area contributed by atoms with Gasteiger partial charge in [-0.15, -0.1) is 0 Å². The van der Waals surface area contributed by atoms with Crippen molar-refractivity contribution in [3.63, 3.8) is 0 Å². The van der Waals surface area contributed by atoms with Crippen molar-refractivity contribution < 1.29 is 21.6 Å². The lowest BCUT2D eigenvalue weighted by Gasteiger charge is -2.21. The van der Waals surface area contributed by atoms with E-state index in [0.717, 1.165) is 33.5 Å². The number of carbonyl (C=O) groups excluding carboxylic acids is 1. The monoisotopic (exact) mass is 438 g/mol. The number of sulfone groups is 1. The average Bonchev–Trinajstić information content (AvgIpc) is 2.61. The Bertz CT molecular complexity index is 1060. The summed E-state index contributed by atoms with van der Waals surface area (Å²) in [7, 11) is -6.88. The predicted octanol–water partition coefficient (Wildman–Crippen LogP) is 2.04. The Morgan fingerprint density at radius 2 is 1.52 bits per heavy atom. The van der Waals surface area contributed by atoms with Crippen molar-refractivity contribution in [3.8, 4) is 0 Å². The molecule has 7 nitrogen and oxygen atoms in total. The summed E-state index contributed by atoms with van der Waals surface area (Å²) in [5.74, 6) is -0.442. The van der Waals surface area contributed by atoms with Crippen LogP contribution in [0.5, 0.6) is 0 Å². The molecule has 0 saturated heterocycles. The molecule has 0 saturated carbocycles. The van der Waals surface area contributed by atoms with E-state index in [0.29, 0.717) is 0 Å². The molecule has 158 valence electrons. The minimum Gasteiger partial charge on any atom is -0.348 e. The number of benzene rings is 2. The van der Waals surface area contributed by atoms with Crippen LogP contribution in [-0.2, 0) is 31.2 Å². The molecule has 1 amide bonds. The molecule has 29 heavy (non-hydrogen) atoms. The number of carbonyl (C=O) groups is 1. The summed E-state index contributed by atoms with van der Waals surface area (Å²) in [5.41, 5.74) is 2.57. The molecule has 2 aromatic rings. The van der Waals surface area contributed by atoms with Crippen molar-refractivity contribution >= 4 is 25.8 Å². The van der Waals surface area contributed by atoms with Crippen LogP contribution in [0.4, 0.5) is 0 Å². The Labute approximate surface area is 172 Å². The highest BCUT2D eigenvalue weighted by Gasteiger charge is 2.22. The lowest BCUT2D eigenvalue weighted by molar-refractivity contribution is -0.122. The van der Waals surface area contributed by atoms with Gasteiger partial charge < -0.3 is 5.32 Å². The van der Waals surface area contributed by atoms with Crippen LogP contribution in [0, 0.1) is 6.92 Å². The van der Waals surface area contributed by atoms with Crippen LogP contribution in [-0.4, -0.2) is 46.1 Å². The molecule has 2 aromatic carbocycles. The maximum absolute atomic E-state index is 12.4. The molecule has 0 spiro atoms. The number of nitrogens with one attached hydrogen (secondary N) is 1. The second kappa shape index (κ2) is 9.06. The van der Waals surface area contributed by atoms with Gasteiger partial charge >= 0.3 is 0 Å². The molecule has 0 aliphatic heterocycles. The van der Waals surface area contributed by atoms with Crippen molar-refractivity contribution in [1.82, 2.24) is 9.62 Å². The van der Waals surface area contributed by atoms with E-state index in [-0.39, 0.29) is 18.0 Å². The van der Waals surface area contributed by atoms with E-state index < -0.39 is 31.8 Å². The number of aryl methyl sites for hydroxylation is 1. The lowest BCUT2D eigenvalue weighted by atomic mass is 10.1. The van der Waals surface area contributed by atoms with Gasteiger partial charge in [-0.05, 0) is 37.1 Å². The molecule has 0 aliphatic rings. The second-order valence-corrected chi connectivity index (χ2v) is 11.1. The molecule has 0 fully saturated rings. The summed E-state index contributed by atoms with van der Waals surface area (Å²) in [6.45, 7) is 3.48. The zero-order valence-corrected chi connectivity index (χ0v) is 18.5. The van der Waals surface area contributed by atoms with Gasteiger partial charge in [0.1, 0.15) is 0 Å². The van der Waals surface area contributed by atoms with E-state index in [2.05, 4.69) is 5.32 Å². The van der Waals surface area contributed by atoms with E-state index >= 15 is 0 Å². The van der Waals surface area contributed by atoms with Crippen molar-refractivity contribution in [2.45, 2.75) is 31.3 Å². The fourth-order valence-electron chi connectivity index (χ4n) is 2.72. The Balaban J connectivity index is 2.06. The zero-order valence-electron chi connectivity index (χ0n) is 16.9. The first-order valence-corrected chi connectivity index (χ1v) is 12.7. The first-order chi connectivity index (χ1) is 13.4. The van der Waals surface area contributed by atoms with Crippen LogP contribution in [0.2, 0.25) is 0 Å². The minimum atomic E-state index is -3.58. The third-order valence-corrected chi connectivity index (χ3v) is 6.78. The first kappa shape index (κ1) is 23.1. The Morgan fingerprint density at radius 1 is 0.966 bits per heavy atom. The Kier molecular flexibility index (Phi) is 7.20. The zero-order chi connectivity index (χ0) is 21.8. The lowest BCUT2D eigenvalue weighted by Crippen LogP contribution is -2.40. The summed E-state index contributed by atoms with van der Waals surface area (Å²) in [4.78, 5) is 12.6. The molecule has 0 heterocycles. The first-order valence-electron chi connectivity index (χ1n) is 8.96. The number of rotatable bonds is 8.